The molecule has 0 bridgehead atoms. The molecule has 0 atom stereocenters. The number of rotatable bonds is 5. The second-order valence-corrected chi connectivity index (χ2v) is 5.85. The van der Waals surface area contributed by atoms with Crippen molar-refractivity contribution in [3.63, 3.8) is 0 Å². The first-order valence-electron chi connectivity index (χ1n) is 7.65. The molecule has 0 aliphatic heterocycles. The van der Waals surface area contributed by atoms with Gasteiger partial charge < -0.3 is 19.9 Å². The highest BCUT2D eigenvalue weighted by molar-refractivity contribution is 6.33. The van der Waals surface area contributed by atoms with Gasteiger partial charge in [-0.25, -0.2) is 14.8 Å². The van der Waals surface area contributed by atoms with E-state index >= 15 is 0 Å². The zero-order valence-electron chi connectivity index (χ0n) is 14.3. The number of ether oxygens (including phenoxy) is 1. The number of esters is 1. The summed E-state index contributed by atoms with van der Waals surface area (Å²) in [5.74, 6) is 2.35. The summed E-state index contributed by atoms with van der Waals surface area (Å²) in [6, 6.07) is 8.24. The second kappa shape index (κ2) is 7.40. The Morgan fingerprint density at radius 2 is 1.81 bits per heavy atom. The maximum atomic E-state index is 11.7. The van der Waals surface area contributed by atoms with Crippen LogP contribution in [0, 0.1) is 13.8 Å². The maximum Gasteiger partial charge on any atom is 0.337 e. The summed E-state index contributed by atoms with van der Waals surface area (Å²) in [5, 5.41) is 10.4. The van der Waals surface area contributed by atoms with Gasteiger partial charge in [-0.1, -0.05) is 16.8 Å². The molecule has 0 spiro atoms. The highest BCUT2D eigenvalue weighted by Gasteiger charge is 2.11. The molecule has 134 valence electrons. The third kappa shape index (κ3) is 4.09. The SMILES string of the molecule is COC(=O)c1ccc(Cl)c(Nc2cc(Nc3cc(C)on3)nc(C)n2)c1. The monoisotopic (exact) mass is 373 g/mol. The van der Waals surface area contributed by atoms with Gasteiger partial charge >= 0.3 is 5.97 Å². The molecular weight excluding hydrogens is 358 g/mol. The van der Waals surface area contributed by atoms with Gasteiger partial charge in [0.2, 0.25) is 0 Å². The number of nitrogens with one attached hydrogen (secondary N) is 2. The molecule has 2 N–H and O–H groups in total. The Labute approximate surface area is 154 Å². The number of carbonyl (C=O) groups is 1. The Balaban J connectivity index is 1.87. The molecule has 3 aromatic rings. The fourth-order valence-electron chi connectivity index (χ4n) is 2.26. The van der Waals surface area contributed by atoms with Gasteiger partial charge in [-0.15, -0.1) is 0 Å². The standard InChI is InChI=1S/C17H16ClN5O3/c1-9-6-16(23-26-9)22-15-8-14(19-10(2)20-15)21-13-7-11(17(24)25-3)4-5-12(13)18/h4-8H,1-3H3,(H2,19,20,21,22,23). The third-order valence-electron chi connectivity index (χ3n) is 3.37. The van der Waals surface area contributed by atoms with Gasteiger partial charge in [0.15, 0.2) is 5.82 Å². The van der Waals surface area contributed by atoms with Crippen LogP contribution in [0.1, 0.15) is 21.9 Å². The van der Waals surface area contributed by atoms with E-state index in [1.807, 2.05) is 0 Å². The van der Waals surface area contributed by atoms with Crippen molar-refractivity contribution in [3.8, 4) is 0 Å². The summed E-state index contributed by atoms with van der Waals surface area (Å²) in [4.78, 5) is 20.3. The first-order chi connectivity index (χ1) is 12.4. The summed E-state index contributed by atoms with van der Waals surface area (Å²) >= 11 is 6.21. The molecule has 2 aromatic heterocycles. The van der Waals surface area contributed by atoms with Gasteiger partial charge in [-0.2, -0.15) is 0 Å². The van der Waals surface area contributed by atoms with Gasteiger partial charge in [0.05, 0.1) is 23.4 Å². The molecule has 0 amide bonds. The number of nitrogens with zero attached hydrogens (tertiary/aromatic N) is 3. The molecule has 2 heterocycles. The number of anilines is 4. The van der Waals surface area contributed by atoms with E-state index < -0.39 is 5.97 Å². The van der Waals surface area contributed by atoms with Crippen molar-refractivity contribution in [1.82, 2.24) is 15.1 Å². The van der Waals surface area contributed by atoms with Crippen molar-refractivity contribution >= 4 is 40.7 Å². The minimum atomic E-state index is -0.452. The molecule has 9 heteroatoms. The van der Waals surface area contributed by atoms with Crippen LogP contribution in [0.2, 0.25) is 5.02 Å². The predicted octanol–water partition coefficient (Wildman–Crippen LogP) is 4.01. The summed E-state index contributed by atoms with van der Waals surface area (Å²) in [6.45, 7) is 3.56. The third-order valence-corrected chi connectivity index (χ3v) is 3.70. The van der Waals surface area contributed by atoms with Gasteiger partial charge in [0.1, 0.15) is 23.2 Å². The number of hydrogen-bond acceptors (Lipinski definition) is 8. The Bertz CT molecular complexity index is 957. The molecule has 26 heavy (non-hydrogen) atoms. The number of halogens is 1. The molecule has 1 aromatic carbocycles. The van der Waals surface area contributed by atoms with Crippen molar-refractivity contribution in [2.45, 2.75) is 13.8 Å². The van der Waals surface area contributed by atoms with Crippen molar-refractivity contribution < 1.29 is 14.1 Å². The van der Waals surface area contributed by atoms with E-state index in [1.54, 1.807) is 44.2 Å². The minimum Gasteiger partial charge on any atom is -0.465 e. The van der Waals surface area contributed by atoms with Crippen molar-refractivity contribution in [2.75, 3.05) is 17.7 Å². The van der Waals surface area contributed by atoms with Gasteiger partial charge in [-0.3, -0.25) is 0 Å². The number of aromatic nitrogens is 3. The fraction of sp³-hybridized carbons (Fsp3) is 0.176. The topological polar surface area (TPSA) is 102 Å². The first-order valence-corrected chi connectivity index (χ1v) is 8.03. The quantitative estimate of drug-likeness (QED) is 0.647. The number of hydrogen-bond donors (Lipinski definition) is 2. The molecule has 8 nitrogen and oxygen atoms in total. The van der Waals surface area contributed by atoms with Gasteiger partial charge in [0, 0.05) is 12.1 Å². The molecule has 3 rings (SSSR count). The minimum absolute atomic E-state index is 0.376. The molecule has 0 saturated carbocycles. The lowest BCUT2D eigenvalue weighted by atomic mass is 10.2. The Hall–Kier alpha value is -3.13. The van der Waals surface area contributed by atoms with Crippen LogP contribution in [0.15, 0.2) is 34.9 Å². The van der Waals surface area contributed by atoms with Gasteiger partial charge in [0.25, 0.3) is 0 Å². The Kier molecular flexibility index (Phi) is 5.04. The molecule has 0 fully saturated rings. The van der Waals surface area contributed by atoms with Crippen LogP contribution in [-0.4, -0.2) is 28.2 Å². The largest absolute Gasteiger partial charge is 0.465 e. The molecular formula is C17H16ClN5O3. The van der Waals surface area contributed by atoms with E-state index in [1.165, 1.54) is 7.11 Å². The number of methoxy groups -OCH3 is 1. The normalized spacial score (nSPS) is 10.5. The van der Waals surface area contributed by atoms with Crippen molar-refractivity contribution in [2.24, 2.45) is 0 Å². The van der Waals surface area contributed by atoms with E-state index in [0.29, 0.717) is 45.3 Å². The van der Waals surface area contributed by atoms with Crippen LogP contribution in [-0.2, 0) is 4.74 Å². The van der Waals surface area contributed by atoms with E-state index in [9.17, 15) is 4.79 Å². The molecule has 0 unspecified atom stereocenters. The van der Waals surface area contributed by atoms with Crippen molar-refractivity contribution in [3.05, 3.63) is 52.5 Å². The number of aryl methyl sites for hydroxylation is 2. The van der Waals surface area contributed by atoms with Crippen LogP contribution in [0.4, 0.5) is 23.1 Å². The average molecular weight is 374 g/mol. The second-order valence-electron chi connectivity index (χ2n) is 5.44. The van der Waals surface area contributed by atoms with Crippen LogP contribution < -0.4 is 10.6 Å². The summed E-state index contributed by atoms with van der Waals surface area (Å²) < 4.78 is 9.75. The number of benzene rings is 1. The van der Waals surface area contributed by atoms with Crippen LogP contribution in [0.5, 0.6) is 0 Å². The summed E-state index contributed by atoms with van der Waals surface area (Å²) in [6.07, 6.45) is 0. The Morgan fingerprint density at radius 1 is 1.08 bits per heavy atom. The van der Waals surface area contributed by atoms with Crippen molar-refractivity contribution in [1.29, 1.82) is 0 Å². The van der Waals surface area contributed by atoms with E-state index in [4.69, 9.17) is 20.9 Å². The fourth-order valence-corrected chi connectivity index (χ4v) is 2.42. The summed E-state index contributed by atoms with van der Waals surface area (Å²) in [5.41, 5.74) is 0.900. The molecule has 0 aliphatic rings. The van der Waals surface area contributed by atoms with Gasteiger partial charge in [-0.05, 0) is 32.0 Å². The lowest BCUT2D eigenvalue weighted by Gasteiger charge is -2.11. The van der Waals surface area contributed by atoms with E-state index in [0.717, 1.165) is 0 Å². The lowest BCUT2D eigenvalue weighted by molar-refractivity contribution is 0.0601. The zero-order valence-corrected chi connectivity index (χ0v) is 15.1. The summed E-state index contributed by atoms with van der Waals surface area (Å²) in [7, 11) is 1.32. The predicted molar refractivity (Wildman–Crippen MR) is 97.4 cm³/mol. The molecule has 0 aliphatic carbocycles. The Morgan fingerprint density at radius 3 is 2.46 bits per heavy atom. The number of carbonyl (C=O) groups excluding carboxylic acids is 1. The first kappa shape index (κ1) is 17.7. The smallest absolute Gasteiger partial charge is 0.337 e. The highest BCUT2D eigenvalue weighted by atomic mass is 35.5. The molecule has 0 radical (unpaired) electrons. The van der Waals surface area contributed by atoms with Crippen LogP contribution in [0.25, 0.3) is 0 Å². The highest BCUT2D eigenvalue weighted by Crippen LogP contribution is 2.27. The maximum absolute atomic E-state index is 11.7. The zero-order chi connectivity index (χ0) is 18.7. The van der Waals surface area contributed by atoms with Crippen LogP contribution in [0.3, 0.4) is 0 Å². The average Bonchev–Trinajstić information content (AvgIpc) is 3.00. The van der Waals surface area contributed by atoms with Crippen LogP contribution >= 0.6 is 11.6 Å². The van der Waals surface area contributed by atoms with E-state index in [2.05, 4.69) is 25.8 Å². The lowest BCUT2D eigenvalue weighted by Crippen LogP contribution is -2.04. The molecule has 0 saturated heterocycles. The van der Waals surface area contributed by atoms with E-state index in [-0.39, 0.29) is 0 Å².